The lowest BCUT2D eigenvalue weighted by atomic mass is 10.0. The number of rotatable bonds is 39. The van der Waals surface area contributed by atoms with Gasteiger partial charge < -0.3 is 42.6 Å². The molecule has 504 valence electrons. The second kappa shape index (κ2) is 40.1. The maximum Gasteiger partial charge on any atom is 0.344 e. The van der Waals surface area contributed by atoms with Crippen molar-refractivity contribution in [3.05, 3.63) is 214 Å². The fourth-order valence-electron chi connectivity index (χ4n) is 9.88. The molecule has 18 heteroatoms. The molecule has 0 amide bonds. The number of hydrogen-bond donors (Lipinski definition) is 0. The van der Waals surface area contributed by atoms with Gasteiger partial charge in [-0.15, -0.1) is 0 Å². The summed E-state index contributed by atoms with van der Waals surface area (Å²) in [4.78, 5) is 119. The fraction of sp³-hybridized carbons (Fsp3) is 0.346. The molecule has 18 nitrogen and oxygen atoms in total. The van der Waals surface area contributed by atoms with Crippen LogP contribution in [-0.4, -0.2) is 73.5 Å². The molecule has 0 bridgehead atoms. The maximum atomic E-state index is 14.1. The molecular weight excluding hydrogens is 1220 g/mol. The summed E-state index contributed by atoms with van der Waals surface area (Å²) in [6, 6.07) is 37.5. The molecular formula is C78H84O18. The van der Waals surface area contributed by atoms with Gasteiger partial charge >= 0.3 is 53.7 Å². The molecule has 0 radical (unpaired) electrons. The Morgan fingerprint density at radius 3 is 0.667 bits per heavy atom. The van der Waals surface area contributed by atoms with Crippen LogP contribution in [0, 0.1) is 0 Å². The number of unbranched alkanes of at least 4 members (excludes halogenated alkanes) is 18. The molecule has 0 saturated heterocycles. The third-order valence-electron chi connectivity index (χ3n) is 15.4. The molecule has 96 heavy (non-hydrogen) atoms. The molecule has 0 aromatic heterocycles. The van der Waals surface area contributed by atoms with Crippen molar-refractivity contribution in [1.82, 2.24) is 0 Å². The minimum absolute atomic E-state index is 0.00427. The zero-order valence-electron chi connectivity index (χ0n) is 54.9. The van der Waals surface area contributed by atoms with E-state index in [9.17, 15) is 43.2 Å². The lowest BCUT2D eigenvalue weighted by Crippen LogP contribution is -2.19. The van der Waals surface area contributed by atoms with E-state index in [1.165, 1.54) is 222 Å². The minimum Gasteiger partial charge on any atom is -0.462 e. The van der Waals surface area contributed by atoms with Gasteiger partial charge in [-0.2, -0.15) is 0 Å². The number of carbonyl (C=O) groups excluding carboxylic acids is 9. The SMILES string of the molecule is CCCCCCCCCOC(=O)c1ccc(OC(=O)c2ccc(OC(=O)c3ccc(C(=O)Oc4ccc(C(=O)Oc5ccc(C(=O)OCCCCCCCCC)cc5)cc4)c(C(=O)Oc4ccc(C(=O)Oc5ccc(C(=O)OCCCCCCCCC)cc5)cc4)c3)cc2)cc1. The normalized spacial score (nSPS) is 10.8. The van der Waals surface area contributed by atoms with Gasteiger partial charge in [-0.3, -0.25) is 0 Å². The molecule has 0 heterocycles. The molecule has 7 aromatic carbocycles. The highest BCUT2D eigenvalue weighted by Crippen LogP contribution is 2.26. The largest absolute Gasteiger partial charge is 0.462 e. The summed E-state index contributed by atoms with van der Waals surface area (Å²) in [6.07, 6.45) is 22.9. The Morgan fingerprint density at radius 2 is 0.406 bits per heavy atom. The first kappa shape index (κ1) is 73.2. The van der Waals surface area contributed by atoms with Crippen molar-refractivity contribution < 1.29 is 85.8 Å². The highest BCUT2D eigenvalue weighted by atomic mass is 16.6. The van der Waals surface area contributed by atoms with Crippen molar-refractivity contribution >= 4 is 53.7 Å². The van der Waals surface area contributed by atoms with Crippen molar-refractivity contribution in [1.29, 1.82) is 0 Å². The predicted octanol–water partition coefficient (Wildman–Crippen LogP) is 17.7. The summed E-state index contributed by atoms with van der Waals surface area (Å²) in [5, 5.41) is 0. The quantitative estimate of drug-likeness (QED) is 0.0151. The van der Waals surface area contributed by atoms with Crippen LogP contribution in [0.3, 0.4) is 0 Å². The van der Waals surface area contributed by atoms with Crippen LogP contribution >= 0.6 is 0 Å². The van der Waals surface area contributed by atoms with Crippen LogP contribution in [0.15, 0.2) is 164 Å². The van der Waals surface area contributed by atoms with Crippen molar-refractivity contribution in [3.8, 4) is 34.5 Å². The molecule has 7 rings (SSSR count). The molecule has 0 aliphatic carbocycles. The Bertz CT molecular complexity index is 3650. The Hall–Kier alpha value is -10.2. The lowest BCUT2D eigenvalue weighted by molar-refractivity contribution is 0.0488. The van der Waals surface area contributed by atoms with Crippen molar-refractivity contribution in [2.24, 2.45) is 0 Å². The molecule has 0 spiro atoms. The molecule has 7 aromatic rings. The van der Waals surface area contributed by atoms with E-state index in [-0.39, 0.29) is 62.3 Å². The van der Waals surface area contributed by atoms with Crippen LogP contribution in [0.25, 0.3) is 0 Å². The third-order valence-corrected chi connectivity index (χ3v) is 15.4. The van der Waals surface area contributed by atoms with E-state index in [2.05, 4.69) is 20.8 Å². The highest BCUT2D eigenvalue weighted by Gasteiger charge is 2.25. The Balaban J connectivity index is 0.970. The van der Waals surface area contributed by atoms with Crippen LogP contribution < -0.4 is 28.4 Å². The molecule has 0 saturated carbocycles. The van der Waals surface area contributed by atoms with Crippen LogP contribution in [0.5, 0.6) is 34.5 Å². The summed E-state index contributed by atoms with van der Waals surface area (Å²) in [7, 11) is 0. The molecule has 0 fully saturated rings. The molecule has 0 N–H and O–H groups in total. The summed E-state index contributed by atoms with van der Waals surface area (Å²) in [5.41, 5.74) is 0.219. The van der Waals surface area contributed by atoms with Gasteiger partial charge in [-0.05, 0) is 183 Å². The molecule has 0 unspecified atom stereocenters. The Kier molecular flexibility index (Phi) is 30.6. The van der Waals surface area contributed by atoms with E-state index in [1.807, 2.05) is 0 Å². The zero-order chi connectivity index (χ0) is 68.3. The van der Waals surface area contributed by atoms with Gasteiger partial charge in [-0.25, -0.2) is 43.2 Å². The van der Waals surface area contributed by atoms with E-state index in [0.717, 1.165) is 76.7 Å². The first-order valence-corrected chi connectivity index (χ1v) is 33.3. The monoisotopic (exact) mass is 1310 g/mol. The summed E-state index contributed by atoms with van der Waals surface area (Å²) < 4.78 is 49.8. The number of hydrogen-bond acceptors (Lipinski definition) is 18. The summed E-state index contributed by atoms with van der Waals surface area (Å²) >= 11 is 0. The van der Waals surface area contributed by atoms with E-state index in [0.29, 0.717) is 36.5 Å². The summed E-state index contributed by atoms with van der Waals surface area (Å²) in [5.74, 6) is -6.40. The molecule has 0 atom stereocenters. The topological polar surface area (TPSA) is 237 Å². The van der Waals surface area contributed by atoms with Gasteiger partial charge in [0.05, 0.1) is 69.9 Å². The van der Waals surface area contributed by atoms with Crippen LogP contribution in [0.1, 0.15) is 249 Å². The van der Waals surface area contributed by atoms with Gasteiger partial charge in [-0.1, -0.05) is 136 Å². The second-order valence-electron chi connectivity index (χ2n) is 23.0. The average Bonchev–Trinajstić information content (AvgIpc) is 0.833. The number of benzene rings is 7. The number of esters is 9. The summed E-state index contributed by atoms with van der Waals surface area (Å²) in [6.45, 7) is 7.45. The van der Waals surface area contributed by atoms with Crippen LogP contribution in [0.2, 0.25) is 0 Å². The second-order valence-corrected chi connectivity index (χ2v) is 23.0. The van der Waals surface area contributed by atoms with Gasteiger partial charge in [0, 0.05) is 0 Å². The number of ether oxygens (including phenoxy) is 9. The van der Waals surface area contributed by atoms with E-state index in [1.54, 1.807) is 0 Å². The first-order valence-electron chi connectivity index (χ1n) is 33.3. The van der Waals surface area contributed by atoms with Crippen LogP contribution in [-0.2, 0) is 14.2 Å². The highest BCUT2D eigenvalue weighted by molar-refractivity contribution is 6.07. The Labute approximate surface area is 560 Å². The van der Waals surface area contributed by atoms with Gasteiger partial charge in [0.1, 0.15) is 34.5 Å². The third kappa shape index (κ3) is 24.6. The van der Waals surface area contributed by atoms with Crippen molar-refractivity contribution in [2.45, 2.75) is 156 Å². The van der Waals surface area contributed by atoms with Gasteiger partial charge in [0.25, 0.3) is 0 Å². The van der Waals surface area contributed by atoms with Crippen molar-refractivity contribution in [3.63, 3.8) is 0 Å². The Morgan fingerprint density at radius 1 is 0.208 bits per heavy atom. The minimum atomic E-state index is -1.12. The number of carbonyl (C=O) groups is 9. The van der Waals surface area contributed by atoms with E-state index >= 15 is 0 Å². The molecule has 0 aliphatic rings. The van der Waals surface area contributed by atoms with E-state index < -0.39 is 59.3 Å². The van der Waals surface area contributed by atoms with Gasteiger partial charge in [0.2, 0.25) is 0 Å². The lowest BCUT2D eigenvalue weighted by Gasteiger charge is -2.12. The van der Waals surface area contributed by atoms with Gasteiger partial charge in [0.15, 0.2) is 0 Å². The molecule has 0 aliphatic heterocycles. The average molecular weight is 1310 g/mol. The maximum absolute atomic E-state index is 14.1. The van der Waals surface area contributed by atoms with Crippen LogP contribution in [0.4, 0.5) is 0 Å². The first-order chi connectivity index (χ1) is 46.7. The smallest absolute Gasteiger partial charge is 0.344 e. The van der Waals surface area contributed by atoms with E-state index in [4.69, 9.17) is 42.6 Å². The standard InChI is InChI=1S/C78H84O18/c1-4-7-10-13-16-19-22-51-88-70(79)55-25-38-62(39-26-55)91-73(82)58-31-44-65(45-32-58)94-76(85)61-37-50-68(77(86)95-66-46-33-59(34-47-66)74(83)92-63-40-27-56(28-41-63)71(80)89-52-23-20-17-14-11-8-5-2)69(54-61)78(87)96-67-48-35-60(36-49-67)75(84)93-64-42-29-57(30-43-64)72(81)90-53-24-21-18-15-12-9-6-3/h25-50,54H,4-24,51-53H2,1-3H3. The zero-order valence-corrected chi connectivity index (χ0v) is 54.9. The van der Waals surface area contributed by atoms with Crippen molar-refractivity contribution in [2.75, 3.05) is 19.8 Å². The fourth-order valence-corrected chi connectivity index (χ4v) is 9.88. The predicted molar refractivity (Wildman–Crippen MR) is 360 cm³/mol.